The normalized spacial score (nSPS) is 11.2. The van der Waals surface area contributed by atoms with Gasteiger partial charge < -0.3 is 14.5 Å². The maximum atomic E-state index is 12.4. The maximum absolute atomic E-state index is 12.4. The Morgan fingerprint density at radius 3 is 2.50 bits per heavy atom. The molecule has 0 saturated heterocycles. The van der Waals surface area contributed by atoms with Crippen LogP contribution < -0.4 is 10.0 Å². The summed E-state index contributed by atoms with van der Waals surface area (Å²) in [6.07, 6.45) is 1.07. The lowest BCUT2D eigenvalue weighted by Crippen LogP contribution is -2.16. The molecule has 2 heterocycles. The van der Waals surface area contributed by atoms with Crippen LogP contribution in [0.25, 0.3) is 11.5 Å². The number of nitrogens with zero attached hydrogens (tertiary/aromatic N) is 2. The number of carbonyl (C=O) groups excluding carboxylic acids is 2. The number of sulfonamides is 1. The van der Waals surface area contributed by atoms with Gasteiger partial charge in [0.2, 0.25) is 21.8 Å². The van der Waals surface area contributed by atoms with Gasteiger partial charge >= 0.3 is 5.97 Å². The van der Waals surface area contributed by atoms with Crippen molar-refractivity contribution in [2.45, 2.75) is 19.1 Å². The molecule has 3 rings (SSSR count). The molecule has 170 valence electrons. The van der Waals surface area contributed by atoms with Gasteiger partial charge in [0.25, 0.3) is 5.22 Å². The molecule has 0 spiro atoms. The second kappa shape index (κ2) is 9.71. The number of anilines is 2. The molecule has 0 saturated carbocycles. The van der Waals surface area contributed by atoms with Gasteiger partial charge in [0.05, 0.1) is 24.7 Å². The van der Waals surface area contributed by atoms with Crippen molar-refractivity contribution < 1.29 is 27.2 Å². The molecule has 32 heavy (non-hydrogen) atoms. The summed E-state index contributed by atoms with van der Waals surface area (Å²) in [4.78, 5) is 25.3. The predicted molar refractivity (Wildman–Crippen MR) is 123 cm³/mol. The SMILES string of the molecule is COC(=O)c1c(NC(=O)CSc2nnc(-c3ccc(NS(C)(=O)=O)cc3)o2)sc(C)c1C. The maximum Gasteiger partial charge on any atom is 0.341 e. The molecule has 3 aromatic rings. The van der Waals surface area contributed by atoms with Gasteiger partial charge in [-0.2, -0.15) is 0 Å². The minimum Gasteiger partial charge on any atom is -0.465 e. The number of aromatic nitrogens is 2. The zero-order valence-electron chi connectivity index (χ0n) is 17.6. The summed E-state index contributed by atoms with van der Waals surface area (Å²) in [6.45, 7) is 3.66. The van der Waals surface area contributed by atoms with E-state index in [0.29, 0.717) is 21.8 Å². The molecule has 13 heteroatoms. The molecule has 0 aliphatic heterocycles. The first-order chi connectivity index (χ1) is 15.1. The van der Waals surface area contributed by atoms with Crippen molar-refractivity contribution >= 4 is 55.7 Å². The molecular weight excluding hydrogens is 476 g/mol. The molecular formula is C19H20N4O6S3. The Labute approximate surface area is 192 Å². The zero-order chi connectivity index (χ0) is 23.5. The highest BCUT2D eigenvalue weighted by atomic mass is 32.2. The number of rotatable bonds is 8. The Morgan fingerprint density at radius 1 is 1.19 bits per heavy atom. The van der Waals surface area contributed by atoms with E-state index in [0.717, 1.165) is 28.5 Å². The summed E-state index contributed by atoms with van der Waals surface area (Å²) in [7, 11) is -2.08. The van der Waals surface area contributed by atoms with E-state index >= 15 is 0 Å². The van der Waals surface area contributed by atoms with Crippen molar-refractivity contribution in [2.75, 3.05) is 29.2 Å². The van der Waals surface area contributed by atoms with Gasteiger partial charge in [-0.05, 0) is 43.7 Å². The second-order valence-corrected chi connectivity index (χ2v) is 10.5. The van der Waals surface area contributed by atoms with Crippen LogP contribution in [0.5, 0.6) is 0 Å². The van der Waals surface area contributed by atoms with Crippen molar-refractivity contribution in [3.8, 4) is 11.5 Å². The van der Waals surface area contributed by atoms with E-state index in [9.17, 15) is 18.0 Å². The third-order valence-electron chi connectivity index (χ3n) is 4.20. The van der Waals surface area contributed by atoms with Crippen LogP contribution in [-0.4, -0.2) is 49.6 Å². The second-order valence-electron chi connectivity index (χ2n) is 6.64. The smallest absolute Gasteiger partial charge is 0.341 e. The molecule has 0 radical (unpaired) electrons. The number of aryl methyl sites for hydroxylation is 1. The highest BCUT2D eigenvalue weighted by Crippen LogP contribution is 2.33. The summed E-state index contributed by atoms with van der Waals surface area (Å²) in [5.74, 6) is -0.613. The van der Waals surface area contributed by atoms with Crippen molar-refractivity contribution in [1.29, 1.82) is 0 Å². The van der Waals surface area contributed by atoms with E-state index in [-0.39, 0.29) is 22.8 Å². The zero-order valence-corrected chi connectivity index (χ0v) is 20.0. The van der Waals surface area contributed by atoms with Crippen LogP contribution in [-0.2, 0) is 19.6 Å². The first-order valence-corrected chi connectivity index (χ1v) is 12.8. The van der Waals surface area contributed by atoms with Crippen LogP contribution in [0.1, 0.15) is 20.8 Å². The topological polar surface area (TPSA) is 140 Å². The molecule has 1 aromatic carbocycles. The molecule has 2 N–H and O–H groups in total. The molecule has 0 aliphatic rings. The predicted octanol–water partition coefficient (Wildman–Crippen LogP) is 3.30. The van der Waals surface area contributed by atoms with E-state index in [4.69, 9.17) is 9.15 Å². The molecule has 10 nitrogen and oxygen atoms in total. The van der Waals surface area contributed by atoms with E-state index in [1.165, 1.54) is 18.4 Å². The third-order valence-corrected chi connectivity index (χ3v) is 6.74. The first-order valence-electron chi connectivity index (χ1n) is 9.10. The monoisotopic (exact) mass is 496 g/mol. The Balaban J connectivity index is 1.62. The lowest BCUT2D eigenvalue weighted by Gasteiger charge is -2.05. The fraction of sp³-hybridized carbons (Fsp3) is 0.263. The Hall–Kier alpha value is -2.90. The van der Waals surface area contributed by atoms with Crippen LogP contribution in [0, 0.1) is 13.8 Å². The molecule has 1 amide bonds. The van der Waals surface area contributed by atoms with E-state index < -0.39 is 16.0 Å². The Kier molecular flexibility index (Phi) is 7.21. The number of methoxy groups -OCH3 is 1. The van der Waals surface area contributed by atoms with Gasteiger partial charge in [0, 0.05) is 16.1 Å². The van der Waals surface area contributed by atoms with E-state index in [2.05, 4.69) is 20.2 Å². The third kappa shape index (κ3) is 5.87. The van der Waals surface area contributed by atoms with Crippen molar-refractivity contribution in [3.05, 3.63) is 40.3 Å². The van der Waals surface area contributed by atoms with E-state index in [1.54, 1.807) is 31.2 Å². The summed E-state index contributed by atoms with van der Waals surface area (Å²) < 4.78 is 35.3. The molecule has 2 aromatic heterocycles. The van der Waals surface area contributed by atoms with Gasteiger partial charge in [-0.25, -0.2) is 13.2 Å². The number of thioether (sulfide) groups is 1. The largest absolute Gasteiger partial charge is 0.465 e. The molecule has 0 unspecified atom stereocenters. The van der Waals surface area contributed by atoms with Crippen LogP contribution in [0.4, 0.5) is 10.7 Å². The Morgan fingerprint density at radius 2 is 1.88 bits per heavy atom. The number of ether oxygens (including phenoxy) is 1. The van der Waals surface area contributed by atoms with Crippen LogP contribution in [0.3, 0.4) is 0 Å². The lowest BCUT2D eigenvalue weighted by atomic mass is 10.1. The fourth-order valence-corrected chi connectivity index (χ4v) is 4.82. The van der Waals surface area contributed by atoms with Crippen LogP contribution >= 0.6 is 23.1 Å². The minimum absolute atomic E-state index is 0.00451. The van der Waals surface area contributed by atoms with Gasteiger partial charge in [0.1, 0.15) is 5.00 Å². The van der Waals surface area contributed by atoms with Crippen LogP contribution in [0.2, 0.25) is 0 Å². The number of hydrogen-bond donors (Lipinski definition) is 2. The van der Waals surface area contributed by atoms with Gasteiger partial charge in [0.15, 0.2) is 0 Å². The lowest BCUT2D eigenvalue weighted by molar-refractivity contribution is -0.113. The summed E-state index contributed by atoms with van der Waals surface area (Å²) >= 11 is 2.35. The van der Waals surface area contributed by atoms with E-state index in [1.807, 2.05) is 6.92 Å². The van der Waals surface area contributed by atoms with Crippen molar-refractivity contribution in [1.82, 2.24) is 10.2 Å². The number of hydrogen-bond acceptors (Lipinski definition) is 10. The summed E-state index contributed by atoms with van der Waals surface area (Å²) in [5, 5.41) is 11.2. The quantitative estimate of drug-likeness (QED) is 0.355. The van der Waals surface area contributed by atoms with Crippen LogP contribution in [0.15, 0.2) is 33.9 Å². The van der Waals surface area contributed by atoms with Gasteiger partial charge in [-0.15, -0.1) is 21.5 Å². The highest BCUT2D eigenvalue weighted by Gasteiger charge is 2.22. The summed E-state index contributed by atoms with van der Waals surface area (Å²) in [6, 6.07) is 6.42. The minimum atomic E-state index is -3.37. The number of esters is 1. The average molecular weight is 497 g/mol. The Bertz CT molecular complexity index is 1250. The first kappa shape index (κ1) is 23.8. The van der Waals surface area contributed by atoms with Crippen molar-refractivity contribution in [3.63, 3.8) is 0 Å². The number of carbonyl (C=O) groups is 2. The van der Waals surface area contributed by atoms with Crippen molar-refractivity contribution in [2.24, 2.45) is 0 Å². The molecule has 0 fully saturated rings. The average Bonchev–Trinajstić information content (AvgIpc) is 3.30. The molecule has 0 atom stereocenters. The van der Waals surface area contributed by atoms with Gasteiger partial charge in [-0.3, -0.25) is 9.52 Å². The molecule has 0 bridgehead atoms. The summed E-state index contributed by atoms with van der Waals surface area (Å²) in [5.41, 5.74) is 2.12. The number of nitrogens with one attached hydrogen (secondary N) is 2. The highest BCUT2D eigenvalue weighted by molar-refractivity contribution is 7.99. The number of amides is 1. The van der Waals surface area contributed by atoms with Gasteiger partial charge in [-0.1, -0.05) is 11.8 Å². The standard InChI is InChI=1S/C19H20N4O6S3/c1-10-11(2)31-17(15(10)18(25)28-3)20-14(24)9-30-19-22-21-16(29-19)12-5-7-13(8-6-12)23-32(4,26)27/h5-8,23H,9H2,1-4H3,(H,20,24). The number of thiophene rings is 1. The fourth-order valence-electron chi connectivity index (χ4n) is 2.63. The number of benzene rings is 1. The molecule has 0 aliphatic carbocycles.